The molecule has 1 saturated heterocycles. The van der Waals surface area contributed by atoms with Crippen LogP contribution in [0.3, 0.4) is 0 Å². The van der Waals surface area contributed by atoms with Crippen molar-refractivity contribution in [3.8, 4) is 0 Å². The van der Waals surface area contributed by atoms with Gasteiger partial charge in [0.1, 0.15) is 0 Å². The number of likely N-dealkylation sites (tertiary alicyclic amines) is 1. The van der Waals surface area contributed by atoms with Crippen LogP contribution < -0.4 is 0 Å². The summed E-state index contributed by atoms with van der Waals surface area (Å²) < 4.78 is 0. The molecule has 0 radical (unpaired) electrons. The fourth-order valence-electron chi connectivity index (χ4n) is 2.84. The van der Waals surface area contributed by atoms with Gasteiger partial charge >= 0.3 is 0 Å². The van der Waals surface area contributed by atoms with Gasteiger partial charge in [0.15, 0.2) is 0 Å². The molecule has 0 saturated carbocycles. The highest BCUT2D eigenvalue weighted by molar-refractivity contribution is 4.88. The zero-order valence-electron chi connectivity index (χ0n) is 10.8. The van der Waals surface area contributed by atoms with Crippen LogP contribution in [-0.2, 0) is 0 Å². The van der Waals surface area contributed by atoms with Crippen LogP contribution in [0.1, 0.15) is 53.4 Å². The third kappa shape index (κ3) is 3.76. The summed E-state index contributed by atoms with van der Waals surface area (Å²) in [4.78, 5) is 2.59. The molecule has 0 aliphatic carbocycles. The van der Waals surface area contributed by atoms with Gasteiger partial charge in [-0.3, -0.25) is 4.90 Å². The molecule has 1 N–H and O–H groups in total. The summed E-state index contributed by atoms with van der Waals surface area (Å²) in [5.74, 6) is 0. The van der Waals surface area contributed by atoms with E-state index >= 15 is 0 Å². The average Bonchev–Trinajstić information content (AvgIpc) is 2.18. The molecule has 0 unspecified atom stereocenters. The number of aliphatic hydroxyl groups is 1. The fourth-order valence-corrected chi connectivity index (χ4v) is 2.84. The molecular weight excluding hydrogens is 186 g/mol. The van der Waals surface area contributed by atoms with Crippen molar-refractivity contribution in [2.24, 2.45) is 5.41 Å². The van der Waals surface area contributed by atoms with Crippen molar-refractivity contribution in [3.63, 3.8) is 0 Å². The molecule has 0 aromatic heterocycles. The van der Waals surface area contributed by atoms with Crippen LogP contribution in [0, 0.1) is 5.41 Å². The van der Waals surface area contributed by atoms with E-state index in [-0.39, 0.29) is 17.6 Å². The first-order chi connectivity index (χ1) is 6.87. The lowest BCUT2D eigenvalue weighted by atomic mass is 9.79. The minimum Gasteiger partial charge on any atom is -0.396 e. The van der Waals surface area contributed by atoms with Crippen LogP contribution in [0.5, 0.6) is 0 Å². The smallest absolute Gasteiger partial charge is 0.0482 e. The van der Waals surface area contributed by atoms with E-state index in [1.807, 2.05) is 0 Å². The summed E-state index contributed by atoms with van der Waals surface area (Å²) in [6, 6.07) is 0. The molecule has 1 aliphatic heterocycles. The zero-order chi connectivity index (χ0) is 11.5. The van der Waals surface area contributed by atoms with Gasteiger partial charge in [-0.25, -0.2) is 0 Å². The Morgan fingerprint density at radius 2 is 1.53 bits per heavy atom. The van der Waals surface area contributed by atoms with E-state index in [1.54, 1.807) is 0 Å². The Balaban J connectivity index is 2.56. The summed E-state index contributed by atoms with van der Waals surface area (Å²) in [6.07, 6.45) is 5.12. The van der Waals surface area contributed by atoms with Gasteiger partial charge in [0, 0.05) is 12.1 Å². The third-order valence-corrected chi connectivity index (χ3v) is 3.55. The van der Waals surface area contributed by atoms with Crippen molar-refractivity contribution in [1.82, 2.24) is 4.90 Å². The number of aliphatic hydroxyl groups excluding tert-OH is 1. The lowest BCUT2D eigenvalue weighted by Gasteiger charge is -2.44. The monoisotopic (exact) mass is 213 g/mol. The second-order valence-electron chi connectivity index (χ2n) is 6.36. The minimum atomic E-state index is 0.0426. The van der Waals surface area contributed by atoms with Crippen LogP contribution in [0.2, 0.25) is 0 Å². The Bertz CT molecular complexity index is 193. The SMILES string of the molecule is CC(C)(CO)CC(C)(C)N1CCCCC1. The molecule has 0 amide bonds. The molecule has 2 heteroatoms. The topological polar surface area (TPSA) is 23.5 Å². The van der Waals surface area contributed by atoms with Crippen LogP contribution in [-0.4, -0.2) is 35.2 Å². The molecule has 0 spiro atoms. The highest BCUT2D eigenvalue weighted by Crippen LogP contribution is 2.32. The molecule has 1 fully saturated rings. The molecule has 90 valence electrons. The van der Waals surface area contributed by atoms with Gasteiger partial charge in [0.25, 0.3) is 0 Å². The van der Waals surface area contributed by atoms with Crippen LogP contribution in [0.25, 0.3) is 0 Å². The van der Waals surface area contributed by atoms with Crippen LogP contribution in [0.4, 0.5) is 0 Å². The Morgan fingerprint density at radius 1 is 1.00 bits per heavy atom. The Morgan fingerprint density at radius 3 is 2.00 bits per heavy atom. The molecular formula is C13H27NO. The first kappa shape index (κ1) is 13.0. The molecule has 1 rings (SSSR count). The van der Waals surface area contributed by atoms with Crippen LogP contribution in [0.15, 0.2) is 0 Å². The Labute approximate surface area is 94.7 Å². The Hall–Kier alpha value is -0.0800. The summed E-state index contributed by atoms with van der Waals surface area (Å²) in [7, 11) is 0. The lowest BCUT2D eigenvalue weighted by molar-refractivity contribution is 0.0333. The number of hydrogen-bond donors (Lipinski definition) is 1. The van der Waals surface area contributed by atoms with E-state index in [9.17, 15) is 5.11 Å². The van der Waals surface area contributed by atoms with Crippen molar-refractivity contribution >= 4 is 0 Å². The largest absolute Gasteiger partial charge is 0.396 e. The Kier molecular flexibility index (Phi) is 4.19. The summed E-state index contributed by atoms with van der Waals surface area (Å²) in [5.41, 5.74) is 0.271. The van der Waals surface area contributed by atoms with E-state index in [4.69, 9.17) is 0 Å². The van der Waals surface area contributed by atoms with E-state index in [0.29, 0.717) is 0 Å². The maximum absolute atomic E-state index is 9.34. The van der Waals surface area contributed by atoms with Gasteiger partial charge in [-0.15, -0.1) is 0 Å². The highest BCUT2D eigenvalue weighted by atomic mass is 16.3. The second-order valence-corrected chi connectivity index (χ2v) is 6.36. The molecule has 2 nitrogen and oxygen atoms in total. The third-order valence-electron chi connectivity index (χ3n) is 3.55. The summed E-state index contributed by atoms with van der Waals surface area (Å²) >= 11 is 0. The minimum absolute atomic E-state index is 0.0426. The summed E-state index contributed by atoms with van der Waals surface area (Å²) in [6.45, 7) is 11.7. The van der Waals surface area contributed by atoms with Crippen molar-refractivity contribution < 1.29 is 5.11 Å². The zero-order valence-corrected chi connectivity index (χ0v) is 10.8. The first-order valence-corrected chi connectivity index (χ1v) is 6.23. The van der Waals surface area contributed by atoms with Gasteiger partial charge in [-0.2, -0.15) is 0 Å². The number of nitrogens with zero attached hydrogens (tertiary/aromatic N) is 1. The number of hydrogen-bond acceptors (Lipinski definition) is 2. The predicted molar refractivity (Wildman–Crippen MR) is 65.0 cm³/mol. The van der Waals surface area contributed by atoms with Crippen molar-refractivity contribution in [3.05, 3.63) is 0 Å². The molecule has 0 atom stereocenters. The standard InChI is InChI=1S/C13H27NO/c1-12(2,11-15)10-13(3,4)14-8-6-5-7-9-14/h15H,5-11H2,1-4H3. The van der Waals surface area contributed by atoms with Crippen LogP contribution >= 0.6 is 0 Å². The average molecular weight is 213 g/mol. The normalized spacial score (nSPS) is 20.6. The molecule has 0 aromatic carbocycles. The van der Waals surface area contributed by atoms with Gasteiger partial charge in [-0.05, 0) is 51.6 Å². The maximum Gasteiger partial charge on any atom is 0.0482 e. The van der Waals surface area contributed by atoms with Crippen molar-refractivity contribution in [2.75, 3.05) is 19.7 Å². The molecule has 0 aromatic rings. The lowest BCUT2D eigenvalue weighted by Crippen LogP contribution is -2.49. The quantitative estimate of drug-likeness (QED) is 0.776. The van der Waals surface area contributed by atoms with E-state index in [2.05, 4.69) is 32.6 Å². The van der Waals surface area contributed by atoms with Gasteiger partial charge in [0.2, 0.25) is 0 Å². The van der Waals surface area contributed by atoms with Gasteiger partial charge in [-0.1, -0.05) is 20.3 Å². The van der Waals surface area contributed by atoms with Crippen molar-refractivity contribution in [2.45, 2.75) is 58.9 Å². The number of piperidine rings is 1. The predicted octanol–water partition coefficient (Wildman–Crippen LogP) is 2.66. The van der Waals surface area contributed by atoms with Gasteiger partial charge in [0.05, 0.1) is 0 Å². The highest BCUT2D eigenvalue weighted by Gasteiger charge is 2.33. The first-order valence-electron chi connectivity index (χ1n) is 6.23. The molecule has 1 heterocycles. The second kappa shape index (κ2) is 4.84. The van der Waals surface area contributed by atoms with Crippen molar-refractivity contribution in [1.29, 1.82) is 0 Å². The molecule has 0 bridgehead atoms. The molecule has 1 aliphatic rings. The van der Waals surface area contributed by atoms with Gasteiger partial charge < -0.3 is 5.11 Å². The maximum atomic E-state index is 9.34. The molecule has 15 heavy (non-hydrogen) atoms. The number of rotatable bonds is 4. The summed E-state index contributed by atoms with van der Waals surface area (Å²) in [5, 5.41) is 9.34. The van der Waals surface area contributed by atoms with E-state index in [0.717, 1.165) is 6.42 Å². The van der Waals surface area contributed by atoms with E-state index in [1.165, 1.54) is 32.4 Å². The van der Waals surface area contributed by atoms with E-state index < -0.39 is 0 Å². The fraction of sp³-hybridized carbons (Fsp3) is 1.00.